The van der Waals surface area contributed by atoms with Gasteiger partial charge in [0.15, 0.2) is 0 Å². The highest BCUT2D eigenvalue weighted by atomic mass is 32.2. The molecule has 26 heavy (non-hydrogen) atoms. The molecule has 0 aliphatic heterocycles. The third kappa shape index (κ3) is 5.36. The Labute approximate surface area is 159 Å². The number of benzene rings is 3. The molecular weight excluding hydrogens is 338 g/mol. The van der Waals surface area contributed by atoms with Crippen LogP contribution < -0.4 is 4.74 Å². The van der Waals surface area contributed by atoms with E-state index in [0.29, 0.717) is 0 Å². The van der Waals surface area contributed by atoms with E-state index < -0.39 is 0 Å². The van der Waals surface area contributed by atoms with Crippen LogP contribution in [0, 0.1) is 0 Å². The summed E-state index contributed by atoms with van der Waals surface area (Å²) in [6.45, 7) is 2.12. The minimum absolute atomic E-state index is 0.822. The number of para-hydroxylation sites is 2. The first-order chi connectivity index (χ1) is 12.8. The molecular formula is C23H21NOS. The molecule has 0 fully saturated rings. The molecule has 2 nitrogen and oxygen atoms in total. The molecule has 0 unspecified atom stereocenters. The van der Waals surface area contributed by atoms with Gasteiger partial charge in [-0.05, 0) is 42.8 Å². The summed E-state index contributed by atoms with van der Waals surface area (Å²) in [6, 6.07) is 30.1. The highest BCUT2D eigenvalue weighted by Gasteiger charge is 2.09. The van der Waals surface area contributed by atoms with Crippen molar-refractivity contribution in [1.29, 1.82) is 0 Å². The number of nitrogens with zero attached hydrogens (tertiary/aromatic N) is 1. The first-order valence-corrected chi connectivity index (χ1v) is 9.44. The molecule has 0 aromatic heterocycles. The maximum absolute atomic E-state index is 5.86. The Kier molecular flexibility index (Phi) is 6.68. The van der Waals surface area contributed by atoms with Crippen molar-refractivity contribution in [2.45, 2.75) is 18.2 Å². The van der Waals surface area contributed by atoms with Gasteiger partial charge in [-0.3, -0.25) is 0 Å². The molecule has 0 saturated carbocycles. The van der Waals surface area contributed by atoms with Crippen LogP contribution in [-0.2, 0) is 0 Å². The van der Waals surface area contributed by atoms with Crippen LogP contribution in [0.3, 0.4) is 0 Å². The van der Waals surface area contributed by atoms with E-state index in [1.54, 1.807) is 11.8 Å². The van der Waals surface area contributed by atoms with Crippen molar-refractivity contribution in [3.63, 3.8) is 0 Å². The molecule has 0 atom stereocenters. The second-order valence-corrected chi connectivity index (χ2v) is 6.66. The van der Waals surface area contributed by atoms with Crippen LogP contribution in [0.5, 0.6) is 5.75 Å². The van der Waals surface area contributed by atoms with E-state index in [4.69, 9.17) is 9.73 Å². The normalized spacial score (nSPS) is 12.0. The fraction of sp³-hybridized carbons (Fsp3) is 0.0870. The first kappa shape index (κ1) is 18.0. The fourth-order valence-electron chi connectivity index (χ4n) is 2.30. The average Bonchev–Trinajstić information content (AvgIpc) is 2.71. The predicted octanol–water partition coefficient (Wildman–Crippen LogP) is 6.88. The molecule has 3 rings (SSSR count). The van der Waals surface area contributed by atoms with Crippen molar-refractivity contribution in [3.8, 4) is 5.75 Å². The first-order valence-electron chi connectivity index (χ1n) is 8.63. The number of aliphatic imine (C=N–C) groups is 1. The summed E-state index contributed by atoms with van der Waals surface area (Å²) in [4.78, 5) is 6.02. The van der Waals surface area contributed by atoms with Crippen molar-refractivity contribution in [2.24, 2.45) is 4.99 Å². The Morgan fingerprint density at radius 3 is 2.04 bits per heavy atom. The summed E-state index contributed by atoms with van der Waals surface area (Å²) < 4.78 is 5.86. The number of ether oxygens (including phenoxy) is 1. The highest BCUT2D eigenvalue weighted by Crippen LogP contribution is 2.28. The summed E-state index contributed by atoms with van der Waals surface area (Å²) in [6.07, 6.45) is 2.64. The molecule has 0 aliphatic carbocycles. The van der Waals surface area contributed by atoms with Crippen LogP contribution in [0.4, 0.5) is 5.69 Å². The maximum atomic E-state index is 5.86. The zero-order valence-electron chi connectivity index (χ0n) is 14.7. The molecule has 3 aromatic carbocycles. The second kappa shape index (κ2) is 9.64. The van der Waals surface area contributed by atoms with Gasteiger partial charge in [0.25, 0.3) is 0 Å². The van der Waals surface area contributed by atoms with Gasteiger partial charge in [0.05, 0.1) is 11.9 Å². The van der Waals surface area contributed by atoms with Gasteiger partial charge in [-0.15, -0.1) is 0 Å². The molecule has 0 N–H and O–H groups in total. The quantitative estimate of drug-likeness (QED) is 0.207. The molecule has 0 radical (unpaired) electrons. The van der Waals surface area contributed by atoms with Gasteiger partial charge in [0.1, 0.15) is 10.8 Å². The Bertz CT molecular complexity index is 858. The van der Waals surface area contributed by atoms with E-state index in [-0.39, 0.29) is 0 Å². The van der Waals surface area contributed by atoms with Crippen molar-refractivity contribution < 1.29 is 4.74 Å². The van der Waals surface area contributed by atoms with Crippen LogP contribution in [0.2, 0.25) is 0 Å². The van der Waals surface area contributed by atoms with Gasteiger partial charge in [-0.2, -0.15) is 0 Å². The molecule has 0 saturated heterocycles. The van der Waals surface area contributed by atoms with Gasteiger partial charge >= 0.3 is 0 Å². The van der Waals surface area contributed by atoms with E-state index in [1.165, 1.54) is 0 Å². The van der Waals surface area contributed by atoms with Crippen molar-refractivity contribution >= 4 is 22.5 Å². The van der Waals surface area contributed by atoms with Gasteiger partial charge < -0.3 is 4.74 Å². The fourth-order valence-corrected chi connectivity index (χ4v) is 3.29. The van der Waals surface area contributed by atoms with Gasteiger partial charge in [0, 0.05) is 10.5 Å². The maximum Gasteiger partial charge on any atom is 0.126 e. The van der Waals surface area contributed by atoms with Crippen LogP contribution in [0.15, 0.2) is 113 Å². The molecule has 0 spiro atoms. The number of hydrogen-bond acceptors (Lipinski definition) is 3. The third-order valence-corrected chi connectivity index (χ3v) is 4.74. The van der Waals surface area contributed by atoms with Gasteiger partial charge in [-0.1, -0.05) is 73.3 Å². The predicted molar refractivity (Wildman–Crippen MR) is 111 cm³/mol. The lowest BCUT2D eigenvalue weighted by molar-refractivity contribution is 0.477. The van der Waals surface area contributed by atoms with Crippen LogP contribution in [0.1, 0.15) is 13.3 Å². The number of rotatable bonds is 6. The SMILES string of the molecule is CCC(=C\Oc1ccccc1)/C(=N/c1ccccc1)Sc1ccccc1. The topological polar surface area (TPSA) is 21.6 Å². The van der Waals surface area contributed by atoms with Crippen molar-refractivity contribution in [1.82, 2.24) is 0 Å². The minimum atomic E-state index is 0.822. The summed E-state index contributed by atoms with van der Waals surface area (Å²) in [5, 5.41) is 0.945. The van der Waals surface area contributed by atoms with Crippen molar-refractivity contribution in [2.75, 3.05) is 0 Å². The van der Waals surface area contributed by atoms with Gasteiger partial charge in [0.2, 0.25) is 0 Å². The zero-order chi connectivity index (χ0) is 18.0. The molecule has 0 aliphatic rings. The summed E-state index contributed by atoms with van der Waals surface area (Å²) >= 11 is 1.65. The van der Waals surface area contributed by atoms with Crippen molar-refractivity contribution in [3.05, 3.63) is 103 Å². The lowest BCUT2D eigenvalue weighted by Crippen LogP contribution is -2.00. The molecule has 130 valence electrons. The third-order valence-electron chi connectivity index (χ3n) is 3.68. The molecule has 0 bridgehead atoms. The van der Waals surface area contributed by atoms with Gasteiger partial charge in [-0.25, -0.2) is 4.99 Å². The lowest BCUT2D eigenvalue weighted by atomic mass is 10.2. The summed E-state index contributed by atoms with van der Waals surface area (Å²) in [5.74, 6) is 0.822. The Balaban J connectivity index is 1.91. The monoisotopic (exact) mass is 359 g/mol. The Morgan fingerprint density at radius 1 is 0.846 bits per heavy atom. The molecule has 0 amide bonds. The molecule has 3 heteroatoms. The molecule has 0 heterocycles. The Hall–Kier alpha value is -2.78. The zero-order valence-corrected chi connectivity index (χ0v) is 15.5. The second-order valence-electron chi connectivity index (χ2n) is 5.60. The highest BCUT2D eigenvalue weighted by molar-refractivity contribution is 8.14. The van der Waals surface area contributed by atoms with Crippen LogP contribution >= 0.6 is 11.8 Å². The van der Waals surface area contributed by atoms with E-state index in [9.17, 15) is 0 Å². The standard InChI is InChI=1S/C23H21NOS/c1-2-19(18-25-21-14-8-4-9-15-21)23(24-20-12-6-3-7-13-20)26-22-16-10-5-11-17-22/h3-18H,2H2,1H3/b19-18+,24-23-. The van der Waals surface area contributed by atoms with E-state index in [2.05, 4.69) is 19.1 Å². The smallest absolute Gasteiger partial charge is 0.126 e. The van der Waals surface area contributed by atoms with E-state index in [1.807, 2.05) is 85.1 Å². The summed E-state index contributed by atoms with van der Waals surface area (Å²) in [5.41, 5.74) is 2.00. The van der Waals surface area contributed by atoms with Crippen LogP contribution in [-0.4, -0.2) is 5.04 Å². The van der Waals surface area contributed by atoms with E-state index >= 15 is 0 Å². The van der Waals surface area contributed by atoms with Crippen LogP contribution in [0.25, 0.3) is 0 Å². The molecule has 3 aromatic rings. The Morgan fingerprint density at radius 2 is 1.42 bits per heavy atom. The minimum Gasteiger partial charge on any atom is -0.465 e. The number of hydrogen-bond donors (Lipinski definition) is 0. The average molecular weight is 359 g/mol. The number of thioether (sulfide) groups is 1. The summed E-state index contributed by atoms with van der Waals surface area (Å²) in [7, 11) is 0. The lowest BCUT2D eigenvalue weighted by Gasteiger charge is -2.10. The largest absolute Gasteiger partial charge is 0.465 e. The van der Waals surface area contributed by atoms with E-state index in [0.717, 1.165) is 33.4 Å².